The van der Waals surface area contributed by atoms with Crippen LogP contribution >= 0.6 is 11.8 Å². The molecule has 0 spiro atoms. The number of nitro benzene ring substituents is 1. The van der Waals surface area contributed by atoms with E-state index in [0.29, 0.717) is 11.4 Å². The van der Waals surface area contributed by atoms with E-state index >= 15 is 0 Å². The Balaban J connectivity index is 2.14. The number of aromatic nitrogens is 2. The number of hydrazine groups is 1. The van der Waals surface area contributed by atoms with E-state index in [1.54, 1.807) is 23.9 Å². The average molecular weight is 293 g/mol. The van der Waals surface area contributed by atoms with E-state index < -0.39 is 4.92 Å². The number of hydrogen-bond acceptors (Lipinski definition) is 6. The Hall–Kier alpha value is -2.06. The normalized spacial score (nSPS) is 10.6. The fraction of sp³-hybridized carbons (Fsp3) is 0.250. The predicted octanol–water partition coefficient (Wildman–Crippen LogP) is 2.21. The lowest BCUT2D eigenvalue weighted by Gasteiger charge is -2.06. The maximum Gasteiger partial charge on any atom is 0.293 e. The molecule has 0 aliphatic rings. The average Bonchev–Trinajstić information content (AvgIpc) is 2.74. The summed E-state index contributed by atoms with van der Waals surface area (Å²) in [6.45, 7) is 1.94. The molecule has 0 saturated carbocycles. The molecule has 1 heterocycles. The van der Waals surface area contributed by atoms with Gasteiger partial charge in [0.1, 0.15) is 5.69 Å². The van der Waals surface area contributed by atoms with Crippen LogP contribution in [0.5, 0.6) is 0 Å². The highest BCUT2D eigenvalue weighted by molar-refractivity contribution is 7.98. The quantitative estimate of drug-likeness (QED) is 0.379. The van der Waals surface area contributed by atoms with Crippen LogP contribution in [-0.2, 0) is 12.8 Å². The van der Waals surface area contributed by atoms with Crippen molar-refractivity contribution in [3.63, 3.8) is 0 Å². The second-order valence-electron chi connectivity index (χ2n) is 4.29. The van der Waals surface area contributed by atoms with Crippen molar-refractivity contribution in [1.82, 2.24) is 9.78 Å². The lowest BCUT2D eigenvalue weighted by molar-refractivity contribution is -0.384. The summed E-state index contributed by atoms with van der Waals surface area (Å²) in [5.41, 5.74) is 4.56. The summed E-state index contributed by atoms with van der Waals surface area (Å²) in [4.78, 5) is 10.4. The van der Waals surface area contributed by atoms with Crippen LogP contribution in [0.25, 0.3) is 0 Å². The minimum Gasteiger partial charge on any atom is -0.318 e. The van der Waals surface area contributed by atoms with Gasteiger partial charge in [0, 0.05) is 18.9 Å². The molecule has 0 unspecified atom stereocenters. The highest BCUT2D eigenvalue weighted by Gasteiger charge is 2.13. The zero-order chi connectivity index (χ0) is 14.7. The monoisotopic (exact) mass is 293 g/mol. The minimum atomic E-state index is -0.462. The largest absolute Gasteiger partial charge is 0.318 e. The Labute approximate surface area is 120 Å². The number of anilines is 1. The zero-order valence-electron chi connectivity index (χ0n) is 11.2. The van der Waals surface area contributed by atoms with Crippen LogP contribution in [0.3, 0.4) is 0 Å². The Morgan fingerprint density at radius 2 is 2.25 bits per heavy atom. The first-order valence-electron chi connectivity index (χ1n) is 5.88. The number of nitrogens with zero attached hydrogens (tertiary/aromatic N) is 3. The van der Waals surface area contributed by atoms with Crippen LogP contribution in [0.2, 0.25) is 0 Å². The van der Waals surface area contributed by atoms with E-state index in [0.717, 1.165) is 16.3 Å². The smallest absolute Gasteiger partial charge is 0.293 e. The Morgan fingerprint density at radius 3 is 2.80 bits per heavy atom. The summed E-state index contributed by atoms with van der Waals surface area (Å²) in [7, 11) is 1.89. The van der Waals surface area contributed by atoms with Gasteiger partial charge in [-0.2, -0.15) is 5.10 Å². The highest BCUT2D eigenvalue weighted by atomic mass is 32.2. The van der Waals surface area contributed by atoms with E-state index in [4.69, 9.17) is 5.84 Å². The number of hydrogen-bond donors (Lipinski definition) is 2. The molecule has 20 heavy (non-hydrogen) atoms. The van der Waals surface area contributed by atoms with Crippen molar-refractivity contribution in [2.24, 2.45) is 12.9 Å². The Kier molecular flexibility index (Phi) is 4.26. The molecule has 2 rings (SSSR count). The fourth-order valence-electron chi connectivity index (χ4n) is 1.83. The van der Waals surface area contributed by atoms with Gasteiger partial charge in [0.15, 0.2) is 0 Å². The molecule has 8 heteroatoms. The van der Waals surface area contributed by atoms with Crippen LogP contribution < -0.4 is 11.3 Å². The van der Waals surface area contributed by atoms with Crippen LogP contribution in [-0.4, -0.2) is 14.7 Å². The molecule has 0 atom stereocenters. The van der Waals surface area contributed by atoms with Crippen molar-refractivity contribution < 1.29 is 4.92 Å². The van der Waals surface area contributed by atoms with E-state index in [-0.39, 0.29) is 5.69 Å². The SMILES string of the molecule is Cc1cc(SCc2ccc([N+](=O)[O-])c(NN)c2)n(C)n1. The molecule has 0 amide bonds. The van der Waals surface area contributed by atoms with Gasteiger partial charge in [-0.3, -0.25) is 20.6 Å². The first-order chi connectivity index (χ1) is 9.51. The molecule has 3 N–H and O–H groups in total. The molecule has 0 fully saturated rings. The van der Waals surface area contributed by atoms with Crippen molar-refractivity contribution in [2.45, 2.75) is 17.7 Å². The summed E-state index contributed by atoms with van der Waals surface area (Å²) >= 11 is 1.62. The number of nitrogen functional groups attached to an aromatic ring is 1. The van der Waals surface area contributed by atoms with E-state index in [1.807, 2.05) is 24.7 Å². The van der Waals surface area contributed by atoms with Crippen molar-refractivity contribution in [3.8, 4) is 0 Å². The topological polar surface area (TPSA) is 99.0 Å². The number of thioether (sulfide) groups is 1. The Morgan fingerprint density at radius 1 is 1.50 bits per heavy atom. The van der Waals surface area contributed by atoms with Crippen LogP contribution in [0.15, 0.2) is 29.3 Å². The summed E-state index contributed by atoms with van der Waals surface area (Å²) in [6, 6.07) is 6.88. The van der Waals surface area contributed by atoms with Gasteiger partial charge in [0.2, 0.25) is 0 Å². The van der Waals surface area contributed by atoms with Gasteiger partial charge in [-0.05, 0) is 24.6 Å². The van der Waals surface area contributed by atoms with E-state index in [9.17, 15) is 10.1 Å². The minimum absolute atomic E-state index is 0.0300. The number of rotatable bonds is 5. The van der Waals surface area contributed by atoms with Gasteiger partial charge >= 0.3 is 0 Å². The Bertz CT molecular complexity index is 641. The number of nitrogens with one attached hydrogen (secondary N) is 1. The van der Waals surface area contributed by atoms with Gasteiger partial charge in [-0.1, -0.05) is 6.07 Å². The van der Waals surface area contributed by atoms with Gasteiger partial charge < -0.3 is 5.43 Å². The number of benzene rings is 1. The van der Waals surface area contributed by atoms with Crippen molar-refractivity contribution in [3.05, 3.63) is 45.6 Å². The van der Waals surface area contributed by atoms with Gasteiger partial charge in [-0.25, -0.2) is 0 Å². The predicted molar refractivity (Wildman–Crippen MR) is 78.4 cm³/mol. The molecular weight excluding hydrogens is 278 g/mol. The standard InChI is InChI=1S/C12H15N5O2S/c1-8-5-12(16(2)15-8)20-7-9-3-4-11(17(18)19)10(6-9)14-13/h3-6,14H,7,13H2,1-2H3. The lowest BCUT2D eigenvalue weighted by Crippen LogP contribution is -2.09. The zero-order valence-corrected chi connectivity index (χ0v) is 12.0. The fourth-order valence-corrected chi connectivity index (χ4v) is 2.80. The third kappa shape index (κ3) is 3.09. The molecule has 0 aliphatic carbocycles. The van der Waals surface area contributed by atoms with Crippen molar-refractivity contribution in [2.75, 3.05) is 5.43 Å². The van der Waals surface area contributed by atoms with Gasteiger partial charge in [0.05, 0.1) is 15.6 Å². The van der Waals surface area contributed by atoms with Gasteiger partial charge in [-0.15, -0.1) is 11.8 Å². The molecule has 2 aromatic rings. The van der Waals surface area contributed by atoms with Crippen LogP contribution in [0.4, 0.5) is 11.4 Å². The summed E-state index contributed by atoms with van der Waals surface area (Å²) in [6.07, 6.45) is 0. The van der Waals surface area contributed by atoms with E-state index in [2.05, 4.69) is 10.5 Å². The molecule has 0 radical (unpaired) electrons. The molecule has 0 aliphatic heterocycles. The number of nitro groups is 1. The number of nitrogens with two attached hydrogens (primary N) is 1. The maximum absolute atomic E-state index is 10.8. The molecular formula is C12H15N5O2S. The molecule has 7 nitrogen and oxygen atoms in total. The highest BCUT2D eigenvalue weighted by Crippen LogP contribution is 2.28. The summed E-state index contributed by atoms with van der Waals surface area (Å²) < 4.78 is 1.81. The third-order valence-corrected chi connectivity index (χ3v) is 3.91. The van der Waals surface area contributed by atoms with Crippen molar-refractivity contribution in [1.29, 1.82) is 0 Å². The first kappa shape index (κ1) is 14.4. The van der Waals surface area contributed by atoms with E-state index in [1.165, 1.54) is 6.07 Å². The summed E-state index contributed by atoms with van der Waals surface area (Å²) in [5.74, 6) is 6.00. The summed E-state index contributed by atoms with van der Waals surface area (Å²) in [5, 5.41) is 16.1. The van der Waals surface area contributed by atoms with Crippen molar-refractivity contribution >= 4 is 23.1 Å². The van der Waals surface area contributed by atoms with Crippen LogP contribution in [0.1, 0.15) is 11.3 Å². The first-order valence-corrected chi connectivity index (χ1v) is 6.87. The lowest BCUT2D eigenvalue weighted by atomic mass is 10.2. The molecule has 1 aromatic carbocycles. The maximum atomic E-state index is 10.8. The molecule has 0 bridgehead atoms. The number of aryl methyl sites for hydroxylation is 2. The van der Waals surface area contributed by atoms with Crippen LogP contribution in [0, 0.1) is 17.0 Å². The second kappa shape index (κ2) is 5.93. The molecule has 1 aromatic heterocycles. The molecule has 0 saturated heterocycles. The van der Waals surface area contributed by atoms with Gasteiger partial charge in [0.25, 0.3) is 5.69 Å². The third-order valence-electron chi connectivity index (χ3n) is 2.76. The second-order valence-corrected chi connectivity index (χ2v) is 5.28. The molecule has 106 valence electrons.